The highest BCUT2D eigenvalue weighted by atomic mass is 16.5. The lowest BCUT2D eigenvalue weighted by molar-refractivity contribution is -0.130. The van der Waals surface area contributed by atoms with Gasteiger partial charge in [0.15, 0.2) is 23.0 Å². The van der Waals surface area contributed by atoms with Gasteiger partial charge >= 0.3 is 5.97 Å². The van der Waals surface area contributed by atoms with Crippen LogP contribution in [-0.2, 0) is 9.59 Å². The SMILES string of the molecule is CC(C)Oc1c(NC(=O)c2ccc(NC(=O)c3ccc(NC(=O)CC(O)C(N)=O)cc3)c(OC(C)C)c2O)ccc(C(=O)O)c1O. The van der Waals surface area contributed by atoms with Gasteiger partial charge in [-0.15, -0.1) is 0 Å². The molecular formula is C31H34N4O11. The number of nitrogens with one attached hydrogen (secondary N) is 3. The number of anilines is 3. The fourth-order valence-corrected chi connectivity index (χ4v) is 3.98. The van der Waals surface area contributed by atoms with Crippen LogP contribution in [0.5, 0.6) is 23.0 Å². The van der Waals surface area contributed by atoms with Gasteiger partial charge in [-0.2, -0.15) is 0 Å². The predicted molar refractivity (Wildman–Crippen MR) is 165 cm³/mol. The van der Waals surface area contributed by atoms with E-state index in [4.69, 9.17) is 15.2 Å². The molecule has 1 atom stereocenters. The van der Waals surface area contributed by atoms with E-state index in [0.717, 1.165) is 6.07 Å². The van der Waals surface area contributed by atoms with Crippen molar-refractivity contribution in [2.24, 2.45) is 5.73 Å². The number of aromatic hydroxyl groups is 2. The fraction of sp³-hybridized carbons (Fsp3) is 0.258. The number of benzene rings is 3. The molecule has 1 unspecified atom stereocenters. The van der Waals surface area contributed by atoms with Crippen molar-refractivity contribution in [1.82, 2.24) is 0 Å². The largest absolute Gasteiger partial charge is 0.504 e. The summed E-state index contributed by atoms with van der Waals surface area (Å²) in [5.74, 6) is -6.40. The van der Waals surface area contributed by atoms with Crippen LogP contribution in [0.4, 0.5) is 17.1 Å². The van der Waals surface area contributed by atoms with E-state index in [9.17, 15) is 44.4 Å². The summed E-state index contributed by atoms with van der Waals surface area (Å²) in [6.45, 7) is 6.60. The standard InChI is InChI=1S/C31H34N4O11/c1-14(2)45-26-20(34-29(41)16-5-7-17(8-6-16)33-23(37)13-22(36)28(32)40)11-9-18(24(26)38)30(42)35-21-12-10-19(31(43)44)25(39)27(21)46-15(3)4/h5-12,14-15,22,36,38-39H,13H2,1-4H3,(H2,32,40)(H,33,37)(H,34,41)(H,35,42)(H,43,44). The molecule has 0 radical (unpaired) electrons. The number of phenolic OH excluding ortho intramolecular Hbond substituents is 1. The minimum atomic E-state index is -1.64. The molecule has 46 heavy (non-hydrogen) atoms. The molecule has 3 aromatic carbocycles. The van der Waals surface area contributed by atoms with Gasteiger partial charge in [0.1, 0.15) is 11.7 Å². The van der Waals surface area contributed by atoms with E-state index >= 15 is 0 Å². The van der Waals surface area contributed by atoms with Crippen LogP contribution in [0.1, 0.15) is 65.2 Å². The zero-order chi connectivity index (χ0) is 34.3. The Bertz CT molecular complexity index is 1650. The van der Waals surface area contributed by atoms with Crippen LogP contribution in [0.25, 0.3) is 0 Å². The maximum Gasteiger partial charge on any atom is 0.339 e. The van der Waals surface area contributed by atoms with Gasteiger partial charge in [0.05, 0.1) is 35.6 Å². The maximum atomic E-state index is 13.3. The molecule has 0 spiro atoms. The van der Waals surface area contributed by atoms with E-state index < -0.39 is 71.4 Å². The number of carboxylic acids is 1. The van der Waals surface area contributed by atoms with Gasteiger partial charge in [0.25, 0.3) is 11.8 Å². The number of hydrogen-bond donors (Lipinski definition) is 8. The lowest BCUT2D eigenvalue weighted by Gasteiger charge is -2.20. The summed E-state index contributed by atoms with van der Waals surface area (Å²) in [6, 6.07) is 10.5. The minimum absolute atomic E-state index is 0.0258. The van der Waals surface area contributed by atoms with Gasteiger partial charge in [0.2, 0.25) is 11.8 Å². The smallest absolute Gasteiger partial charge is 0.339 e. The highest BCUT2D eigenvalue weighted by Gasteiger charge is 2.25. The zero-order valence-corrected chi connectivity index (χ0v) is 25.3. The van der Waals surface area contributed by atoms with Crippen molar-refractivity contribution in [3.8, 4) is 23.0 Å². The second kappa shape index (κ2) is 14.8. The number of nitrogens with two attached hydrogens (primary N) is 1. The Hall–Kier alpha value is -5.83. The van der Waals surface area contributed by atoms with Crippen LogP contribution in [0.3, 0.4) is 0 Å². The van der Waals surface area contributed by atoms with E-state index in [-0.39, 0.29) is 39.7 Å². The summed E-state index contributed by atoms with van der Waals surface area (Å²) in [7, 11) is 0. The molecule has 0 aromatic heterocycles. The summed E-state index contributed by atoms with van der Waals surface area (Å²) < 4.78 is 11.3. The Labute approximate surface area is 262 Å². The van der Waals surface area contributed by atoms with Crippen LogP contribution in [0, 0.1) is 0 Å². The molecule has 15 nitrogen and oxygen atoms in total. The number of carboxylic acid groups (broad SMARTS) is 1. The quantitative estimate of drug-likeness (QED) is 0.135. The summed E-state index contributed by atoms with van der Waals surface area (Å²) in [5.41, 5.74) is 4.62. The van der Waals surface area contributed by atoms with Gasteiger partial charge in [-0.05, 0) is 76.2 Å². The van der Waals surface area contributed by atoms with E-state index in [1.165, 1.54) is 42.5 Å². The number of rotatable bonds is 13. The van der Waals surface area contributed by atoms with Gasteiger partial charge < -0.3 is 51.6 Å². The normalized spacial score (nSPS) is 11.5. The minimum Gasteiger partial charge on any atom is -0.504 e. The monoisotopic (exact) mass is 638 g/mol. The van der Waals surface area contributed by atoms with E-state index in [1.54, 1.807) is 27.7 Å². The van der Waals surface area contributed by atoms with E-state index in [1.807, 2.05) is 0 Å². The van der Waals surface area contributed by atoms with Gasteiger partial charge in [-0.25, -0.2) is 4.79 Å². The van der Waals surface area contributed by atoms with Crippen molar-refractivity contribution in [1.29, 1.82) is 0 Å². The van der Waals surface area contributed by atoms with E-state index in [0.29, 0.717) is 0 Å². The predicted octanol–water partition coefficient (Wildman–Crippen LogP) is 3.05. The Morgan fingerprint density at radius 1 is 0.717 bits per heavy atom. The first-order chi connectivity index (χ1) is 21.6. The number of aliphatic hydroxyl groups excluding tert-OH is 1. The molecule has 4 amide bonds. The van der Waals surface area contributed by atoms with Crippen molar-refractivity contribution in [2.75, 3.05) is 16.0 Å². The first kappa shape index (κ1) is 34.7. The summed E-state index contributed by atoms with van der Waals surface area (Å²) in [5, 5.41) is 47.9. The van der Waals surface area contributed by atoms with Crippen molar-refractivity contribution in [2.45, 2.75) is 52.4 Å². The Morgan fingerprint density at radius 2 is 1.20 bits per heavy atom. The van der Waals surface area contributed by atoms with E-state index in [2.05, 4.69) is 16.0 Å². The number of ether oxygens (including phenoxy) is 2. The fourth-order valence-electron chi connectivity index (χ4n) is 3.98. The van der Waals surface area contributed by atoms with Crippen LogP contribution in [-0.4, -0.2) is 68.3 Å². The molecule has 0 fully saturated rings. The zero-order valence-electron chi connectivity index (χ0n) is 25.3. The molecule has 9 N–H and O–H groups in total. The number of primary amides is 1. The molecular weight excluding hydrogens is 604 g/mol. The second-order valence-electron chi connectivity index (χ2n) is 10.5. The number of aliphatic hydroxyl groups is 1. The third kappa shape index (κ3) is 8.63. The molecule has 0 heterocycles. The van der Waals surface area contributed by atoms with Crippen molar-refractivity contribution >= 4 is 46.7 Å². The van der Waals surface area contributed by atoms with Gasteiger partial charge in [0, 0.05) is 11.3 Å². The van der Waals surface area contributed by atoms with Crippen LogP contribution >= 0.6 is 0 Å². The van der Waals surface area contributed by atoms with Gasteiger partial charge in [-0.3, -0.25) is 19.2 Å². The first-order valence-electron chi connectivity index (χ1n) is 13.9. The molecule has 0 aliphatic rings. The first-order valence-corrected chi connectivity index (χ1v) is 13.9. The molecule has 0 aliphatic carbocycles. The number of carbonyl (C=O) groups excluding carboxylic acids is 4. The lowest BCUT2D eigenvalue weighted by atomic mass is 10.1. The molecule has 0 aliphatic heterocycles. The van der Waals surface area contributed by atoms with Crippen molar-refractivity contribution in [3.05, 3.63) is 65.2 Å². The maximum absolute atomic E-state index is 13.3. The molecule has 0 bridgehead atoms. The van der Waals surface area contributed by atoms with Gasteiger partial charge in [-0.1, -0.05) is 0 Å². The number of phenols is 2. The van der Waals surface area contributed by atoms with Crippen LogP contribution < -0.4 is 31.2 Å². The molecule has 15 heteroatoms. The number of aromatic carboxylic acids is 1. The van der Waals surface area contributed by atoms with Crippen molar-refractivity contribution < 1.29 is 53.9 Å². The third-order valence-electron chi connectivity index (χ3n) is 6.08. The van der Waals surface area contributed by atoms with Crippen LogP contribution in [0.2, 0.25) is 0 Å². The Kier molecular flexibility index (Phi) is 11.1. The highest BCUT2D eigenvalue weighted by Crippen LogP contribution is 2.41. The Morgan fingerprint density at radius 3 is 1.67 bits per heavy atom. The summed E-state index contributed by atoms with van der Waals surface area (Å²) >= 11 is 0. The summed E-state index contributed by atoms with van der Waals surface area (Å²) in [4.78, 5) is 60.7. The summed E-state index contributed by atoms with van der Waals surface area (Å²) in [6.07, 6.45) is -3.18. The molecule has 0 saturated carbocycles. The number of carbonyl (C=O) groups is 5. The van der Waals surface area contributed by atoms with Crippen LogP contribution in [0.15, 0.2) is 48.5 Å². The molecule has 3 rings (SSSR count). The molecule has 244 valence electrons. The molecule has 0 saturated heterocycles. The average molecular weight is 639 g/mol. The highest BCUT2D eigenvalue weighted by molar-refractivity contribution is 6.10. The molecule has 3 aromatic rings. The topological polar surface area (TPSA) is 247 Å². The number of amides is 4. The second-order valence-corrected chi connectivity index (χ2v) is 10.5. The lowest BCUT2D eigenvalue weighted by Crippen LogP contribution is -2.32. The average Bonchev–Trinajstić information content (AvgIpc) is 2.96. The number of hydrogen-bond acceptors (Lipinski definition) is 10. The third-order valence-corrected chi connectivity index (χ3v) is 6.08. The van der Waals surface area contributed by atoms with Crippen molar-refractivity contribution in [3.63, 3.8) is 0 Å². The Balaban J connectivity index is 1.85.